The molecule has 0 saturated carbocycles. The molecular weight excluding hydrogens is 695 g/mol. The number of rotatable bonds is 39. The third-order valence-corrected chi connectivity index (χ3v) is 10.6. The standard InChI is InChI=1S/C45H85N2O6P/c1-6-8-10-12-13-14-15-16-17-18-19-20-21-22-23-24-25-26-27-28-29-30-31-32-33-35-37-39-45(49)46-43(44(48)38-36-34-11-9-7-2)42-53-54(50,51)52-41-40-47(3,4)5/h8,10,13-14,16-17,19-20,43-44,48H,6-7,9,11-12,15,18,21-42H2,1-5H3,(H-,46,49,50,51)/p+1/b10-8-,14-13-,17-16-,20-19-. The zero-order valence-electron chi connectivity index (χ0n) is 35.7. The van der Waals surface area contributed by atoms with Gasteiger partial charge in [-0.1, -0.05) is 172 Å². The Hall–Kier alpha value is -1.54. The number of carbonyl (C=O) groups excluding carboxylic acids is 1. The van der Waals surface area contributed by atoms with Crippen LogP contribution in [0.5, 0.6) is 0 Å². The van der Waals surface area contributed by atoms with E-state index in [-0.39, 0.29) is 19.1 Å². The van der Waals surface area contributed by atoms with Crippen LogP contribution in [0.3, 0.4) is 0 Å². The first-order valence-corrected chi connectivity index (χ1v) is 23.5. The van der Waals surface area contributed by atoms with Gasteiger partial charge in [0.05, 0.1) is 39.9 Å². The van der Waals surface area contributed by atoms with E-state index >= 15 is 0 Å². The Kier molecular flexibility index (Phi) is 36.0. The van der Waals surface area contributed by atoms with Gasteiger partial charge in [0, 0.05) is 6.42 Å². The Morgan fingerprint density at radius 3 is 1.63 bits per heavy atom. The largest absolute Gasteiger partial charge is 0.472 e. The normalized spacial score (nSPS) is 14.9. The molecule has 3 N–H and O–H groups in total. The molecule has 0 aliphatic rings. The summed E-state index contributed by atoms with van der Waals surface area (Å²) in [5.74, 6) is -0.154. The van der Waals surface area contributed by atoms with Crippen LogP contribution in [0, 0.1) is 0 Å². The smallest absolute Gasteiger partial charge is 0.391 e. The number of aliphatic hydroxyl groups is 1. The van der Waals surface area contributed by atoms with Crippen LogP contribution in [-0.2, 0) is 18.4 Å². The van der Waals surface area contributed by atoms with Crippen molar-refractivity contribution >= 4 is 13.7 Å². The van der Waals surface area contributed by atoms with Crippen LogP contribution in [-0.4, -0.2) is 73.4 Å². The van der Waals surface area contributed by atoms with E-state index in [0.717, 1.165) is 77.0 Å². The van der Waals surface area contributed by atoms with Crippen LogP contribution in [0.25, 0.3) is 0 Å². The average Bonchev–Trinajstić information content (AvgIpc) is 3.12. The first kappa shape index (κ1) is 52.5. The number of carbonyl (C=O) groups is 1. The highest BCUT2D eigenvalue weighted by Crippen LogP contribution is 2.43. The Labute approximate surface area is 333 Å². The number of allylic oxidation sites excluding steroid dienone is 8. The number of hydrogen-bond acceptors (Lipinski definition) is 5. The number of unbranched alkanes of at least 4 members (excludes halogenated alkanes) is 18. The van der Waals surface area contributed by atoms with Gasteiger partial charge in [-0.05, 0) is 51.4 Å². The molecule has 3 unspecified atom stereocenters. The molecule has 9 heteroatoms. The summed E-state index contributed by atoms with van der Waals surface area (Å²) in [4.78, 5) is 22.9. The quantitative estimate of drug-likeness (QED) is 0.0248. The molecule has 0 fully saturated rings. The minimum absolute atomic E-state index is 0.0727. The summed E-state index contributed by atoms with van der Waals surface area (Å²) in [6.07, 6.45) is 46.2. The molecule has 0 aromatic rings. The van der Waals surface area contributed by atoms with E-state index < -0.39 is 20.0 Å². The average molecular weight is 782 g/mol. The minimum atomic E-state index is -4.30. The molecule has 0 bridgehead atoms. The molecule has 316 valence electrons. The second kappa shape index (κ2) is 37.1. The Morgan fingerprint density at radius 1 is 0.648 bits per heavy atom. The molecule has 1 amide bonds. The molecular formula is C45H86N2O6P+. The number of nitrogens with one attached hydrogen (secondary N) is 1. The molecule has 0 aromatic carbocycles. The lowest BCUT2D eigenvalue weighted by molar-refractivity contribution is -0.870. The van der Waals surface area contributed by atoms with E-state index in [4.69, 9.17) is 9.05 Å². The van der Waals surface area contributed by atoms with Crippen LogP contribution in [0.1, 0.15) is 181 Å². The van der Waals surface area contributed by atoms with Crippen molar-refractivity contribution in [3.05, 3.63) is 48.6 Å². The van der Waals surface area contributed by atoms with Crippen LogP contribution in [0.2, 0.25) is 0 Å². The van der Waals surface area contributed by atoms with E-state index in [9.17, 15) is 19.4 Å². The van der Waals surface area contributed by atoms with E-state index in [1.807, 2.05) is 21.1 Å². The summed E-state index contributed by atoms with van der Waals surface area (Å²) in [6.45, 7) is 4.67. The van der Waals surface area contributed by atoms with Gasteiger partial charge in [-0.3, -0.25) is 13.8 Å². The fraction of sp³-hybridized carbons (Fsp3) is 0.800. The van der Waals surface area contributed by atoms with Crippen molar-refractivity contribution in [3.63, 3.8) is 0 Å². The SMILES string of the molecule is CC/C=C\C/C=C\C/C=C\C/C=C\CCCCCCCCCCCCCCCCC(=O)NC(COP(=O)(O)OCC[N+](C)(C)C)C(O)CCCCCCC. The third kappa shape index (κ3) is 38.7. The van der Waals surface area contributed by atoms with Crippen molar-refractivity contribution in [2.24, 2.45) is 0 Å². The fourth-order valence-corrected chi connectivity index (χ4v) is 6.83. The van der Waals surface area contributed by atoms with Crippen molar-refractivity contribution in [2.75, 3.05) is 40.9 Å². The van der Waals surface area contributed by atoms with E-state index in [2.05, 4.69) is 67.8 Å². The monoisotopic (exact) mass is 782 g/mol. The second-order valence-corrected chi connectivity index (χ2v) is 17.5. The Morgan fingerprint density at radius 2 is 1.11 bits per heavy atom. The highest BCUT2D eigenvalue weighted by molar-refractivity contribution is 7.47. The van der Waals surface area contributed by atoms with Crippen molar-refractivity contribution in [1.29, 1.82) is 0 Å². The maximum absolute atomic E-state index is 12.8. The first-order chi connectivity index (χ1) is 26.0. The molecule has 0 spiro atoms. The molecule has 8 nitrogen and oxygen atoms in total. The van der Waals surface area contributed by atoms with Crippen LogP contribution >= 0.6 is 7.82 Å². The lowest BCUT2D eigenvalue weighted by Crippen LogP contribution is -2.46. The van der Waals surface area contributed by atoms with E-state index in [0.29, 0.717) is 23.9 Å². The number of likely N-dealkylation sites (N-methyl/N-ethyl adjacent to an activating group) is 1. The number of aliphatic hydroxyl groups excluding tert-OH is 1. The van der Waals surface area contributed by atoms with Gasteiger partial charge in [0.2, 0.25) is 5.91 Å². The number of quaternary nitrogens is 1. The molecule has 0 rings (SSSR count). The number of amides is 1. The van der Waals surface area contributed by atoms with Crippen LogP contribution < -0.4 is 5.32 Å². The van der Waals surface area contributed by atoms with Gasteiger partial charge in [0.25, 0.3) is 0 Å². The van der Waals surface area contributed by atoms with Gasteiger partial charge in [-0.25, -0.2) is 4.57 Å². The van der Waals surface area contributed by atoms with Crippen LogP contribution in [0.4, 0.5) is 0 Å². The maximum Gasteiger partial charge on any atom is 0.472 e. The summed E-state index contributed by atoms with van der Waals surface area (Å²) >= 11 is 0. The van der Waals surface area contributed by atoms with Gasteiger partial charge < -0.3 is 19.8 Å². The summed E-state index contributed by atoms with van der Waals surface area (Å²) in [7, 11) is 1.61. The van der Waals surface area contributed by atoms with Crippen LogP contribution in [0.15, 0.2) is 48.6 Å². The van der Waals surface area contributed by atoms with Crippen molar-refractivity contribution < 1.29 is 32.9 Å². The van der Waals surface area contributed by atoms with Gasteiger partial charge in [-0.2, -0.15) is 0 Å². The summed E-state index contributed by atoms with van der Waals surface area (Å²) in [6, 6.07) is -0.757. The summed E-state index contributed by atoms with van der Waals surface area (Å²) in [5, 5.41) is 13.7. The highest BCUT2D eigenvalue weighted by Gasteiger charge is 2.28. The second-order valence-electron chi connectivity index (χ2n) is 16.0. The van der Waals surface area contributed by atoms with Crippen molar-refractivity contribution in [3.8, 4) is 0 Å². The third-order valence-electron chi connectivity index (χ3n) is 9.59. The number of hydrogen-bond donors (Lipinski definition) is 3. The fourth-order valence-electron chi connectivity index (χ4n) is 6.09. The van der Waals surface area contributed by atoms with Crippen molar-refractivity contribution in [2.45, 2.75) is 193 Å². The zero-order valence-corrected chi connectivity index (χ0v) is 36.6. The first-order valence-electron chi connectivity index (χ1n) is 22.0. The predicted octanol–water partition coefficient (Wildman–Crippen LogP) is 12.1. The van der Waals surface area contributed by atoms with E-state index in [1.54, 1.807) is 0 Å². The molecule has 0 radical (unpaired) electrons. The molecule has 0 saturated heterocycles. The van der Waals surface area contributed by atoms with Gasteiger partial charge in [0.15, 0.2) is 0 Å². The molecule has 0 heterocycles. The molecule has 0 aliphatic carbocycles. The Balaban J connectivity index is 3.96. The molecule has 0 aromatic heterocycles. The number of phosphoric acid groups is 1. The molecule has 3 atom stereocenters. The number of phosphoric ester groups is 1. The Bertz CT molecular complexity index is 1020. The predicted molar refractivity (Wildman–Crippen MR) is 231 cm³/mol. The lowest BCUT2D eigenvalue weighted by Gasteiger charge is -2.26. The summed E-state index contributed by atoms with van der Waals surface area (Å²) in [5.41, 5.74) is 0. The zero-order chi connectivity index (χ0) is 40.0. The van der Waals surface area contributed by atoms with E-state index in [1.165, 1.54) is 77.0 Å². The summed E-state index contributed by atoms with van der Waals surface area (Å²) < 4.78 is 23.4. The van der Waals surface area contributed by atoms with Crippen molar-refractivity contribution in [1.82, 2.24) is 5.32 Å². The number of nitrogens with zero attached hydrogens (tertiary/aromatic N) is 1. The van der Waals surface area contributed by atoms with Gasteiger partial charge >= 0.3 is 7.82 Å². The minimum Gasteiger partial charge on any atom is -0.391 e. The topological polar surface area (TPSA) is 105 Å². The molecule has 54 heavy (non-hydrogen) atoms. The van der Waals surface area contributed by atoms with Gasteiger partial charge in [-0.15, -0.1) is 0 Å². The highest BCUT2D eigenvalue weighted by atomic mass is 31.2. The van der Waals surface area contributed by atoms with Gasteiger partial charge in [0.1, 0.15) is 13.2 Å². The lowest BCUT2D eigenvalue weighted by atomic mass is 10.0. The molecule has 0 aliphatic heterocycles. The maximum atomic E-state index is 12.8.